The summed E-state index contributed by atoms with van der Waals surface area (Å²) in [6.45, 7) is 3.68. The molecule has 0 radical (unpaired) electrons. The van der Waals surface area contributed by atoms with E-state index >= 15 is 0 Å². The zero-order valence-electron chi connectivity index (χ0n) is 17.2. The summed E-state index contributed by atoms with van der Waals surface area (Å²) in [7, 11) is 1.26. The first-order valence-electron chi connectivity index (χ1n) is 9.21. The van der Waals surface area contributed by atoms with Crippen LogP contribution in [-0.2, 0) is 14.3 Å². The number of carbonyl (C=O) groups excluding carboxylic acids is 1. The van der Waals surface area contributed by atoms with Crippen molar-refractivity contribution in [1.82, 2.24) is 9.97 Å². The Morgan fingerprint density at radius 3 is 2.74 bits per heavy atom. The average Bonchev–Trinajstić information content (AvgIpc) is 2.76. The van der Waals surface area contributed by atoms with Gasteiger partial charge in [0.25, 0.3) is 0 Å². The van der Waals surface area contributed by atoms with E-state index in [9.17, 15) is 15.3 Å². The van der Waals surface area contributed by atoms with Crippen LogP contribution in [0.5, 0.6) is 0 Å². The Bertz CT molecular complexity index is 1180. The van der Waals surface area contributed by atoms with Crippen LogP contribution in [-0.4, -0.2) is 28.8 Å². The quantitative estimate of drug-likeness (QED) is 0.557. The van der Waals surface area contributed by atoms with Crippen molar-refractivity contribution in [3.63, 3.8) is 0 Å². The summed E-state index contributed by atoms with van der Waals surface area (Å²) in [6.07, 6.45) is 3.16. The lowest BCUT2D eigenvalue weighted by Crippen LogP contribution is -2.26. The van der Waals surface area contributed by atoms with E-state index in [0.717, 1.165) is 11.3 Å². The van der Waals surface area contributed by atoms with Crippen molar-refractivity contribution in [2.45, 2.75) is 24.8 Å². The highest BCUT2D eigenvalue weighted by Crippen LogP contribution is 2.41. The first-order chi connectivity index (χ1) is 14.9. The Morgan fingerprint density at radius 1 is 1.35 bits per heavy atom. The van der Waals surface area contributed by atoms with Gasteiger partial charge in [-0.05, 0) is 37.1 Å². The van der Waals surface area contributed by atoms with E-state index in [-0.39, 0.29) is 28.5 Å². The summed E-state index contributed by atoms with van der Waals surface area (Å²) in [5.41, 5.74) is 8.94. The average molecular weight is 433 g/mol. The maximum absolute atomic E-state index is 12.7. The van der Waals surface area contributed by atoms with Crippen molar-refractivity contribution in [3.05, 3.63) is 75.8 Å². The summed E-state index contributed by atoms with van der Waals surface area (Å²) in [5.74, 6) is -1.11. The van der Waals surface area contributed by atoms with Crippen LogP contribution in [0.2, 0.25) is 0 Å². The van der Waals surface area contributed by atoms with Gasteiger partial charge >= 0.3 is 5.97 Å². The number of aryl methyl sites for hydroxylation is 2. The van der Waals surface area contributed by atoms with Crippen molar-refractivity contribution in [2.75, 3.05) is 12.9 Å². The van der Waals surface area contributed by atoms with Gasteiger partial charge in [0.15, 0.2) is 0 Å². The number of nitrogens with two attached hydrogens (primary N) is 1. The van der Waals surface area contributed by atoms with Gasteiger partial charge in [-0.2, -0.15) is 10.5 Å². The van der Waals surface area contributed by atoms with Crippen LogP contribution in [0.1, 0.15) is 28.3 Å². The minimum absolute atomic E-state index is 0.0894. The monoisotopic (exact) mass is 433 g/mol. The van der Waals surface area contributed by atoms with Gasteiger partial charge in [-0.15, -0.1) is 0 Å². The summed E-state index contributed by atoms with van der Waals surface area (Å²) in [6, 6.07) is 9.49. The highest BCUT2D eigenvalue weighted by molar-refractivity contribution is 7.99. The molecule has 0 bridgehead atoms. The van der Waals surface area contributed by atoms with Gasteiger partial charge in [0.05, 0.1) is 29.9 Å². The molecule has 1 atom stereocenters. The van der Waals surface area contributed by atoms with E-state index in [1.807, 2.05) is 26.0 Å². The van der Waals surface area contributed by atoms with Crippen molar-refractivity contribution >= 4 is 17.7 Å². The van der Waals surface area contributed by atoms with Crippen LogP contribution in [0.3, 0.4) is 0 Å². The third-order valence-electron chi connectivity index (χ3n) is 4.68. The fourth-order valence-corrected chi connectivity index (χ4v) is 4.36. The molecule has 0 fully saturated rings. The van der Waals surface area contributed by atoms with Crippen LogP contribution >= 0.6 is 11.8 Å². The number of nitriles is 2. The SMILES string of the molecule is COC(=O)C1=C(CSc2nc(C)cc(C)c2C#N)OC(N)=C(C#N)C1c1cccnc1. The lowest BCUT2D eigenvalue weighted by atomic mass is 9.84. The number of thioether (sulfide) groups is 1. The van der Waals surface area contributed by atoms with E-state index in [1.54, 1.807) is 24.5 Å². The minimum Gasteiger partial charge on any atom is -0.466 e. The van der Waals surface area contributed by atoms with Gasteiger partial charge in [-0.3, -0.25) is 4.98 Å². The molecule has 8 nitrogen and oxygen atoms in total. The molecule has 2 aromatic rings. The molecule has 0 aromatic carbocycles. The normalized spacial score (nSPS) is 15.7. The number of hydrogen-bond donors (Lipinski definition) is 1. The first-order valence-corrected chi connectivity index (χ1v) is 10.2. The van der Waals surface area contributed by atoms with Crippen molar-refractivity contribution in [3.8, 4) is 12.1 Å². The molecule has 0 amide bonds. The number of esters is 1. The van der Waals surface area contributed by atoms with Crippen LogP contribution in [0.25, 0.3) is 0 Å². The second-order valence-electron chi connectivity index (χ2n) is 6.70. The highest BCUT2D eigenvalue weighted by Gasteiger charge is 2.37. The third kappa shape index (κ3) is 4.37. The maximum Gasteiger partial charge on any atom is 0.338 e. The van der Waals surface area contributed by atoms with E-state index in [0.29, 0.717) is 16.2 Å². The Morgan fingerprint density at radius 2 is 2.13 bits per heavy atom. The molecule has 0 spiro atoms. The lowest BCUT2D eigenvalue weighted by molar-refractivity contribution is -0.136. The number of allylic oxidation sites excluding steroid dienone is 1. The van der Waals surface area contributed by atoms with Crippen molar-refractivity contribution < 1.29 is 14.3 Å². The Kier molecular flexibility index (Phi) is 6.58. The predicted molar refractivity (Wildman–Crippen MR) is 113 cm³/mol. The molecule has 2 aromatic heterocycles. The summed E-state index contributed by atoms with van der Waals surface area (Å²) < 4.78 is 10.7. The second kappa shape index (κ2) is 9.33. The van der Waals surface area contributed by atoms with E-state index in [2.05, 4.69) is 16.0 Å². The topological polar surface area (TPSA) is 135 Å². The molecule has 0 aliphatic carbocycles. The zero-order valence-corrected chi connectivity index (χ0v) is 18.0. The highest BCUT2D eigenvalue weighted by atomic mass is 32.2. The molecule has 0 saturated heterocycles. The fourth-order valence-electron chi connectivity index (χ4n) is 3.32. The van der Waals surface area contributed by atoms with Gasteiger partial charge < -0.3 is 15.2 Å². The Balaban J connectivity index is 2.09. The number of nitrogens with zero attached hydrogens (tertiary/aromatic N) is 4. The lowest BCUT2D eigenvalue weighted by Gasteiger charge is -2.27. The van der Waals surface area contributed by atoms with Crippen molar-refractivity contribution in [2.24, 2.45) is 5.73 Å². The molecule has 3 heterocycles. The van der Waals surface area contributed by atoms with Crippen molar-refractivity contribution in [1.29, 1.82) is 10.5 Å². The van der Waals surface area contributed by atoms with Gasteiger partial charge in [0.2, 0.25) is 5.88 Å². The van der Waals surface area contributed by atoms with Gasteiger partial charge in [-0.1, -0.05) is 17.8 Å². The standard InChI is InChI=1S/C22H19N5O3S/c1-12-7-13(2)27-21(15(12)8-23)31-11-17-19(22(28)29-3)18(14-5-4-6-26-10-14)16(9-24)20(25)30-17/h4-7,10,18H,11,25H2,1-3H3. The molecule has 156 valence electrons. The molecule has 0 saturated carbocycles. The molecular weight excluding hydrogens is 414 g/mol. The largest absolute Gasteiger partial charge is 0.466 e. The number of carbonyl (C=O) groups is 1. The maximum atomic E-state index is 12.7. The Labute approximate surface area is 184 Å². The number of pyridine rings is 2. The van der Waals surface area contributed by atoms with E-state index in [4.69, 9.17) is 15.2 Å². The predicted octanol–water partition coefficient (Wildman–Crippen LogP) is 2.99. The Hall–Kier alpha value is -3.82. The van der Waals surface area contributed by atoms with E-state index in [1.165, 1.54) is 18.9 Å². The molecular formula is C22H19N5O3S. The van der Waals surface area contributed by atoms with Crippen LogP contribution < -0.4 is 5.73 Å². The number of rotatable bonds is 5. The van der Waals surface area contributed by atoms with Crippen LogP contribution in [0.15, 0.2) is 58.4 Å². The molecule has 3 rings (SSSR count). The zero-order chi connectivity index (χ0) is 22.5. The number of hydrogen-bond acceptors (Lipinski definition) is 9. The molecule has 1 aliphatic heterocycles. The molecule has 9 heteroatoms. The summed E-state index contributed by atoms with van der Waals surface area (Å²) >= 11 is 1.25. The molecule has 31 heavy (non-hydrogen) atoms. The van der Waals surface area contributed by atoms with Crippen LogP contribution in [0, 0.1) is 36.5 Å². The molecule has 1 aliphatic rings. The van der Waals surface area contributed by atoms with Gasteiger partial charge in [0.1, 0.15) is 28.5 Å². The number of aromatic nitrogens is 2. The smallest absolute Gasteiger partial charge is 0.338 e. The van der Waals surface area contributed by atoms with Crippen LogP contribution in [0.4, 0.5) is 0 Å². The third-order valence-corrected chi connectivity index (χ3v) is 5.66. The molecule has 1 unspecified atom stereocenters. The molecule has 2 N–H and O–H groups in total. The number of methoxy groups -OCH3 is 1. The fraction of sp³-hybridized carbons (Fsp3) is 0.227. The first kappa shape index (κ1) is 21.9. The number of ether oxygens (including phenoxy) is 2. The summed E-state index contributed by atoms with van der Waals surface area (Å²) in [5, 5.41) is 19.7. The second-order valence-corrected chi connectivity index (χ2v) is 7.66. The van der Waals surface area contributed by atoms with Gasteiger partial charge in [-0.25, -0.2) is 9.78 Å². The summed E-state index contributed by atoms with van der Waals surface area (Å²) in [4.78, 5) is 21.3. The van der Waals surface area contributed by atoms with E-state index < -0.39 is 11.9 Å². The van der Waals surface area contributed by atoms with Gasteiger partial charge in [0, 0.05) is 18.1 Å². The minimum atomic E-state index is -0.779.